The van der Waals surface area contributed by atoms with Crippen LogP contribution >= 0.6 is 0 Å². The lowest BCUT2D eigenvalue weighted by molar-refractivity contribution is -0.315. The molecule has 0 unspecified atom stereocenters. The fourth-order valence-electron chi connectivity index (χ4n) is 3.82. The number of carbonyl (C=O) groups excluding carboxylic acids is 1. The molecule has 1 heterocycles. The second-order valence-electron chi connectivity index (χ2n) is 7.25. The van der Waals surface area contributed by atoms with Gasteiger partial charge in [-0.3, -0.25) is 4.79 Å². The summed E-state index contributed by atoms with van der Waals surface area (Å²) in [5.41, 5.74) is 0.577. The molecule has 2 atom stereocenters. The summed E-state index contributed by atoms with van der Waals surface area (Å²) >= 11 is 0. The minimum atomic E-state index is -3.87. The number of amides is 1. The molecule has 2 aliphatic rings. The predicted octanol–water partition coefficient (Wildman–Crippen LogP) is 2.75. The molecule has 3 rings (SSSR count). The smallest absolute Gasteiger partial charge is 0.317 e. The van der Waals surface area contributed by atoms with Crippen LogP contribution in [0.1, 0.15) is 37.2 Å². The lowest BCUT2D eigenvalue weighted by Crippen LogP contribution is -2.62. The maximum Gasteiger partial charge on any atom is 0.317 e. The Morgan fingerprint density at radius 2 is 1.73 bits per heavy atom. The molecule has 144 valence electrons. The molecule has 8 heteroatoms. The van der Waals surface area contributed by atoms with E-state index in [1.807, 2.05) is 0 Å². The third-order valence-electron chi connectivity index (χ3n) is 5.39. The monoisotopic (exact) mass is 375 g/mol. The Hall–Kier alpha value is -1.67. The van der Waals surface area contributed by atoms with E-state index in [-0.39, 0.29) is 13.0 Å². The summed E-state index contributed by atoms with van der Waals surface area (Å²) in [4.78, 5) is 13.7. The number of likely N-dealkylation sites (tertiary alicyclic amines) is 1. The number of rotatable bonds is 2. The minimum absolute atomic E-state index is 0.100. The third-order valence-corrected chi connectivity index (χ3v) is 5.39. The molecule has 1 amide bonds. The van der Waals surface area contributed by atoms with Gasteiger partial charge in [0.1, 0.15) is 0 Å². The van der Waals surface area contributed by atoms with Crippen molar-refractivity contribution in [2.45, 2.75) is 49.2 Å². The van der Waals surface area contributed by atoms with Gasteiger partial charge in [-0.2, -0.15) is 8.78 Å². The maximum atomic E-state index is 13.9. The minimum Gasteiger partial charge on any atom is -0.361 e. The van der Waals surface area contributed by atoms with Gasteiger partial charge in [0.15, 0.2) is 0 Å². The first-order chi connectivity index (χ1) is 12.0. The van der Waals surface area contributed by atoms with Gasteiger partial charge in [-0.25, -0.2) is 8.78 Å². The zero-order valence-electron chi connectivity index (χ0n) is 14.0. The number of hydrogen-bond donors (Lipinski definition) is 2. The fourth-order valence-corrected chi connectivity index (χ4v) is 3.82. The van der Waals surface area contributed by atoms with Crippen LogP contribution in [0, 0.1) is 5.92 Å². The van der Waals surface area contributed by atoms with Crippen LogP contribution in [-0.4, -0.2) is 51.7 Å². The van der Waals surface area contributed by atoms with Gasteiger partial charge in [-0.15, -0.1) is 0 Å². The molecule has 2 N–H and O–H groups in total. The zero-order chi connectivity index (χ0) is 19.2. The fraction of sp³-hybridized carbons (Fsp3) is 0.611. The van der Waals surface area contributed by atoms with Crippen LogP contribution in [0.3, 0.4) is 0 Å². The van der Waals surface area contributed by atoms with Crippen molar-refractivity contribution in [3.63, 3.8) is 0 Å². The first-order valence-corrected chi connectivity index (χ1v) is 8.57. The third kappa shape index (κ3) is 3.57. The van der Waals surface area contributed by atoms with Crippen LogP contribution in [0.4, 0.5) is 17.6 Å². The molecule has 0 bridgehead atoms. The highest BCUT2D eigenvalue weighted by Crippen LogP contribution is 2.46. The summed E-state index contributed by atoms with van der Waals surface area (Å²) in [6.07, 6.45) is -1.77. The van der Waals surface area contributed by atoms with E-state index in [1.54, 1.807) is 30.3 Å². The van der Waals surface area contributed by atoms with Gasteiger partial charge in [0.05, 0.1) is 6.54 Å². The molecule has 1 saturated carbocycles. The van der Waals surface area contributed by atoms with E-state index >= 15 is 0 Å². The second kappa shape index (κ2) is 6.49. The number of aliphatic hydroxyl groups is 2. The summed E-state index contributed by atoms with van der Waals surface area (Å²) in [5.74, 6) is -12.2. The Labute approximate surface area is 148 Å². The molecule has 0 spiro atoms. The molecule has 4 nitrogen and oxygen atoms in total. The van der Waals surface area contributed by atoms with Crippen LogP contribution in [0.25, 0.3) is 0 Å². The molecule has 1 saturated heterocycles. The van der Waals surface area contributed by atoms with Crippen LogP contribution in [0.2, 0.25) is 0 Å². The number of piperidine rings is 1. The van der Waals surface area contributed by atoms with Crippen molar-refractivity contribution >= 4 is 5.91 Å². The number of benzene rings is 1. The van der Waals surface area contributed by atoms with Crippen molar-refractivity contribution in [1.82, 2.24) is 4.90 Å². The highest BCUT2D eigenvalue weighted by molar-refractivity contribution is 5.80. The number of alkyl halides is 4. The zero-order valence-corrected chi connectivity index (χ0v) is 14.0. The maximum absolute atomic E-state index is 13.9. The van der Waals surface area contributed by atoms with E-state index in [1.165, 1.54) is 0 Å². The van der Waals surface area contributed by atoms with Crippen LogP contribution in [0.5, 0.6) is 0 Å². The van der Waals surface area contributed by atoms with Gasteiger partial charge >= 0.3 is 5.92 Å². The molecule has 0 radical (unpaired) electrons. The Morgan fingerprint density at radius 3 is 2.35 bits per heavy atom. The molecule has 1 aromatic rings. The quantitative estimate of drug-likeness (QED) is 0.617. The number of carbonyl (C=O) groups is 1. The van der Waals surface area contributed by atoms with E-state index in [0.717, 1.165) is 4.90 Å². The van der Waals surface area contributed by atoms with Crippen molar-refractivity contribution < 1.29 is 32.6 Å². The molecule has 1 aromatic carbocycles. The Balaban J connectivity index is 1.83. The number of nitrogens with zero attached hydrogens (tertiary/aromatic N) is 1. The first-order valence-electron chi connectivity index (χ1n) is 8.57. The molecule has 2 fully saturated rings. The van der Waals surface area contributed by atoms with Crippen molar-refractivity contribution in [3.8, 4) is 0 Å². The predicted molar refractivity (Wildman–Crippen MR) is 84.8 cm³/mol. The van der Waals surface area contributed by atoms with Crippen molar-refractivity contribution in [2.75, 3.05) is 13.1 Å². The highest BCUT2D eigenvalue weighted by atomic mass is 19.3. The number of hydrogen-bond acceptors (Lipinski definition) is 3. The summed E-state index contributed by atoms with van der Waals surface area (Å²) in [7, 11) is 0. The van der Waals surface area contributed by atoms with Crippen LogP contribution < -0.4 is 0 Å². The molecular weight excluding hydrogens is 354 g/mol. The number of halogens is 4. The largest absolute Gasteiger partial charge is 0.361 e. The van der Waals surface area contributed by atoms with Crippen molar-refractivity contribution in [2.24, 2.45) is 5.92 Å². The van der Waals surface area contributed by atoms with Gasteiger partial charge < -0.3 is 15.1 Å². The lowest BCUT2D eigenvalue weighted by Gasteiger charge is -2.44. The molecule has 1 aliphatic carbocycles. The van der Waals surface area contributed by atoms with Gasteiger partial charge in [0.2, 0.25) is 17.6 Å². The van der Waals surface area contributed by atoms with Crippen molar-refractivity contribution in [1.29, 1.82) is 0 Å². The summed E-state index contributed by atoms with van der Waals surface area (Å²) < 4.78 is 55.6. The second-order valence-corrected chi connectivity index (χ2v) is 7.25. The van der Waals surface area contributed by atoms with Gasteiger partial charge in [0, 0.05) is 37.6 Å². The van der Waals surface area contributed by atoms with Gasteiger partial charge in [0.25, 0.3) is 0 Å². The average molecular weight is 375 g/mol. The van der Waals surface area contributed by atoms with E-state index in [4.69, 9.17) is 0 Å². The average Bonchev–Trinajstić information content (AvgIpc) is 2.57. The van der Waals surface area contributed by atoms with Gasteiger partial charge in [-0.05, 0) is 12.0 Å². The Bertz CT molecular complexity index is 666. The Kier molecular flexibility index (Phi) is 4.77. The molecule has 26 heavy (non-hydrogen) atoms. The van der Waals surface area contributed by atoms with Crippen LogP contribution in [0.15, 0.2) is 30.3 Å². The molecule has 1 aliphatic heterocycles. The van der Waals surface area contributed by atoms with E-state index in [0.29, 0.717) is 5.56 Å². The molecular formula is C18H21F4NO3. The van der Waals surface area contributed by atoms with E-state index in [9.17, 15) is 32.6 Å². The standard InChI is InChI=1S/C18H21F4NO3/c19-16(20)7-6-13(14(10-16)12-4-2-1-3-5-12)15(24)23-9-8-18(25,26)17(21,22)11-23/h1-5,13-14,25-26H,6-11H2/t13-,14+/m1/s1. The SMILES string of the molecule is O=C([C@@H]1CCC(F)(F)C[C@H]1c1ccccc1)N1CCC(O)(O)C(F)(F)C1. The molecule has 0 aromatic heterocycles. The summed E-state index contributed by atoms with van der Waals surface area (Å²) in [6.45, 7) is -1.39. The topological polar surface area (TPSA) is 60.8 Å². The van der Waals surface area contributed by atoms with Gasteiger partial charge in [-0.1, -0.05) is 30.3 Å². The van der Waals surface area contributed by atoms with E-state index in [2.05, 4.69) is 0 Å². The Morgan fingerprint density at radius 1 is 1.08 bits per heavy atom. The summed E-state index contributed by atoms with van der Waals surface area (Å²) in [5, 5.41) is 18.8. The normalized spacial score (nSPS) is 30.0. The van der Waals surface area contributed by atoms with Crippen LogP contribution in [-0.2, 0) is 4.79 Å². The first kappa shape index (κ1) is 19.1. The summed E-state index contributed by atoms with van der Waals surface area (Å²) in [6, 6.07) is 8.41. The highest BCUT2D eigenvalue weighted by Gasteiger charge is 2.57. The van der Waals surface area contributed by atoms with E-state index < -0.39 is 61.2 Å². The van der Waals surface area contributed by atoms with Crippen molar-refractivity contribution in [3.05, 3.63) is 35.9 Å². The lowest BCUT2D eigenvalue weighted by atomic mass is 9.73.